The average Bonchev–Trinajstić information content (AvgIpc) is 2.50. The first-order chi connectivity index (χ1) is 10.4. The fourth-order valence-electron chi connectivity index (χ4n) is 1.38. The molecule has 0 saturated carbocycles. The van der Waals surface area contributed by atoms with Crippen LogP contribution in [0, 0.1) is 0 Å². The van der Waals surface area contributed by atoms with E-state index in [1.807, 2.05) is 30.3 Å². The van der Waals surface area contributed by atoms with Crippen LogP contribution < -0.4 is 51.4 Å². The number of esters is 1. The molecule has 1 atom stereocenters. The van der Waals surface area contributed by atoms with Crippen LogP contribution in [0.15, 0.2) is 35.3 Å². The monoisotopic (exact) mass is 380 g/mol. The molecule has 0 spiro atoms. The number of ether oxygens (including phenoxy) is 1. The summed E-state index contributed by atoms with van der Waals surface area (Å²) in [5, 5.41) is 2.58. The van der Waals surface area contributed by atoms with Crippen LogP contribution in [-0.2, 0) is 20.9 Å². The predicted octanol–water partition coefficient (Wildman–Crippen LogP) is 0.143. The topological polar surface area (TPSA) is 86.9 Å². The van der Waals surface area contributed by atoms with Crippen molar-refractivity contribution in [3.8, 4) is 0 Å². The van der Waals surface area contributed by atoms with Crippen LogP contribution in [0.4, 0.5) is 4.79 Å². The summed E-state index contributed by atoms with van der Waals surface area (Å²) in [7, 11) is 1.16. The Bertz CT molecular complexity index is 583. The van der Waals surface area contributed by atoms with E-state index in [4.69, 9.17) is 11.6 Å². The van der Waals surface area contributed by atoms with Crippen molar-refractivity contribution < 1.29 is 70.5 Å². The van der Waals surface area contributed by atoms with Crippen molar-refractivity contribution in [2.45, 2.75) is 18.7 Å². The number of carbonyl (C=O) groups excluding carboxylic acids is 3. The zero-order valence-electron chi connectivity index (χ0n) is 13.0. The molecule has 0 fully saturated rings. The molecule has 1 aromatic rings. The number of hydrogen-bond acceptors (Lipinski definition) is 5. The first-order valence-corrected chi connectivity index (χ1v) is 7.44. The third-order valence-electron chi connectivity index (χ3n) is 2.42. The van der Waals surface area contributed by atoms with Gasteiger partial charge in [-0.25, -0.2) is 0 Å². The number of amides is 2. The van der Waals surface area contributed by atoms with Gasteiger partial charge in [0, 0.05) is 0 Å². The van der Waals surface area contributed by atoms with E-state index in [2.05, 4.69) is 15.0 Å². The van der Waals surface area contributed by atoms with E-state index < -0.39 is 23.0 Å². The van der Waals surface area contributed by atoms with Gasteiger partial charge in [-0.3, -0.25) is 14.4 Å². The van der Waals surface area contributed by atoms with E-state index in [1.165, 1.54) is 6.92 Å². The molecule has 9 heteroatoms. The summed E-state index contributed by atoms with van der Waals surface area (Å²) in [5.41, 5.74) is 0.853. The van der Waals surface area contributed by atoms with Crippen molar-refractivity contribution in [1.29, 1.82) is 0 Å². The largest absolute Gasteiger partial charge is 1.00 e. The minimum atomic E-state index is -1.15. The number of benzene rings is 1. The summed E-state index contributed by atoms with van der Waals surface area (Å²) in [4.78, 5) is 37.8. The number of methoxy groups -OCH3 is 1. The molecule has 1 unspecified atom stereocenters. The molecule has 2 amide bonds. The molecule has 118 valence electrons. The molecule has 0 N–H and O–H groups in total. The van der Waals surface area contributed by atoms with Gasteiger partial charge < -0.3 is 15.0 Å². The summed E-state index contributed by atoms with van der Waals surface area (Å²) in [6.45, 7) is 1.39. The molecule has 0 aliphatic carbocycles. The van der Waals surface area contributed by atoms with Crippen LogP contribution in [0.25, 0.3) is 5.32 Å². The van der Waals surface area contributed by atoms with Crippen molar-refractivity contribution >= 4 is 45.6 Å². The third-order valence-corrected chi connectivity index (χ3v) is 3.82. The minimum absolute atomic E-state index is 0. The fourth-order valence-corrected chi connectivity index (χ4v) is 2.40. The third kappa shape index (κ3) is 8.99. The molecule has 0 aliphatic rings. The van der Waals surface area contributed by atoms with Crippen LogP contribution >= 0.6 is 23.4 Å². The summed E-state index contributed by atoms with van der Waals surface area (Å²) < 4.78 is 4.24. The first-order valence-electron chi connectivity index (χ1n) is 6.18. The maximum Gasteiger partial charge on any atom is 1.00 e. The minimum Gasteiger partial charge on any atom is -0.468 e. The summed E-state index contributed by atoms with van der Waals surface area (Å²) in [5.74, 6) is -1.20. The first kappa shape index (κ1) is 22.8. The Morgan fingerprint density at radius 3 is 2.43 bits per heavy atom. The van der Waals surface area contributed by atoms with Gasteiger partial charge in [-0.15, -0.1) is 0 Å². The normalized spacial score (nSPS) is 11.9. The van der Waals surface area contributed by atoms with Crippen LogP contribution in [0.3, 0.4) is 0 Å². The van der Waals surface area contributed by atoms with Gasteiger partial charge in [-0.2, -0.15) is 0 Å². The molecule has 0 saturated heterocycles. The molecule has 0 heterocycles. The van der Waals surface area contributed by atoms with Gasteiger partial charge in [-0.1, -0.05) is 53.7 Å². The molecule has 0 aliphatic heterocycles. The molecule has 0 radical (unpaired) electrons. The number of thioether (sulfide) groups is 1. The zero-order valence-corrected chi connectivity index (χ0v) is 17.7. The summed E-state index contributed by atoms with van der Waals surface area (Å²) in [6, 6.07) is 8.36. The van der Waals surface area contributed by atoms with E-state index in [9.17, 15) is 14.4 Å². The SMILES string of the molecule is COC(=O)C(S/C(Cl)=N\C(=O)[N-]Cc1ccccc1)C(C)=O.[K+]. The van der Waals surface area contributed by atoms with Crippen LogP contribution in [0.1, 0.15) is 12.5 Å². The van der Waals surface area contributed by atoms with Gasteiger partial charge in [0.25, 0.3) is 0 Å². The van der Waals surface area contributed by atoms with E-state index in [-0.39, 0.29) is 62.4 Å². The van der Waals surface area contributed by atoms with Gasteiger partial charge in [0.2, 0.25) is 0 Å². The van der Waals surface area contributed by atoms with Crippen molar-refractivity contribution in [3.05, 3.63) is 41.2 Å². The molecule has 0 bridgehead atoms. The molecule has 23 heavy (non-hydrogen) atoms. The summed E-state index contributed by atoms with van der Waals surface area (Å²) >= 11 is 6.42. The number of halogens is 1. The standard InChI is InChI=1S/C14H15ClN2O4S.K/c1-9(18)11(12(19)21-2)22-13(15)17-14(20)16-8-10-6-4-3-5-7-10;/h3-7,11H,8H2,1-2H3,(H,16,20);/q;+1/p-1/b17-13-;. The Kier molecular flexibility index (Phi) is 12.1. The Morgan fingerprint density at radius 2 is 1.91 bits per heavy atom. The zero-order chi connectivity index (χ0) is 16.5. The molecule has 1 rings (SSSR count). The van der Waals surface area contributed by atoms with Crippen LogP contribution in [-0.4, -0.2) is 34.6 Å². The van der Waals surface area contributed by atoms with E-state index in [0.29, 0.717) is 11.8 Å². The van der Waals surface area contributed by atoms with Gasteiger partial charge in [0.05, 0.1) is 11.6 Å². The van der Waals surface area contributed by atoms with Crippen molar-refractivity contribution in [2.75, 3.05) is 7.11 Å². The predicted molar refractivity (Wildman–Crippen MR) is 86.3 cm³/mol. The molecule has 1 aromatic carbocycles. The number of nitrogens with zero attached hydrogens (tertiary/aromatic N) is 2. The second-order valence-electron chi connectivity index (χ2n) is 4.08. The van der Waals surface area contributed by atoms with Crippen molar-refractivity contribution in [2.24, 2.45) is 4.99 Å². The van der Waals surface area contributed by atoms with Gasteiger partial charge in [-0.05, 0) is 19.0 Å². The Labute approximate surface area is 186 Å². The Morgan fingerprint density at radius 1 is 1.30 bits per heavy atom. The number of Topliss-reactive ketones (excluding diaryl/α,β-unsaturated/α-hetero) is 1. The Hall–Kier alpha value is -0.224. The maximum atomic E-state index is 11.6. The number of carbonyl (C=O) groups is 3. The second kappa shape index (κ2) is 12.2. The van der Waals surface area contributed by atoms with Crippen molar-refractivity contribution in [1.82, 2.24) is 0 Å². The average molecular weight is 381 g/mol. The quantitative estimate of drug-likeness (QED) is 0.238. The smallest absolute Gasteiger partial charge is 0.468 e. The van der Waals surface area contributed by atoms with Crippen molar-refractivity contribution in [3.63, 3.8) is 0 Å². The Balaban J connectivity index is 0.00000484. The van der Waals surface area contributed by atoms with E-state index in [1.54, 1.807) is 0 Å². The van der Waals surface area contributed by atoms with Gasteiger partial charge in [0.15, 0.2) is 17.1 Å². The molecular weight excluding hydrogens is 367 g/mol. The van der Waals surface area contributed by atoms with Gasteiger partial charge in [0.1, 0.15) is 0 Å². The van der Waals surface area contributed by atoms with Gasteiger partial charge >= 0.3 is 57.4 Å². The molecule has 0 aromatic heterocycles. The number of ketones is 1. The maximum absolute atomic E-state index is 11.6. The number of rotatable bonds is 5. The fraction of sp³-hybridized carbons (Fsp3) is 0.286. The number of hydrogen-bond donors (Lipinski definition) is 0. The van der Waals surface area contributed by atoms with E-state index in [0.717, 1.165) is 12.7 Å². The number of urea groups is 1. The second-order valence-corrected chi connectivity index (χ2v) is 5.76. The summed E-state index contributed by atoms with van der Waals surface area (Å²) in [6.07, 6.45) is 0. The molecular formula is C14H14ClKN2O4S. The van der Waals surface area contributed by atoms with Crippen LogP contribution in [0.2, 0.25) is 0 Å². The number of aliphatic imine (C=N–C) groups is 1. The molecule has 6 nitrogen and oxygen atoms in total. The van der Waals surface area contributed by atoms with E-state index >= 15 is 0 Å². The van der Waals surface area contributed by atoms with Crippen LogP contribution in [0.5, 0.6) is 0 Å².